The fourth-order valence-corrected chi connectivity index (χ4v) is 3.01. The van der Waals surface area contributed by atoms with Crippen molar-refractivity contribution in [2.45, 2.75) is 64.9 Å². The summed E-state index contributed by atoms with van der Waals surface area (Å²) in [7, 11) is 0. The maximum Gasteiger partial charge on any atom is 0.514 e. The van der Waals surface area contributed by atoms with Crippen molar-refractivity contribution in [1.82, 2.24) is 0 Å². The monoisotopic (exact) mass is 354 g/mol. The summed E-state index contributed by atoms with van der Waals surface area (Å²) in [6.07, 6.45) is 6.47. The Labute approximate surface area is 157 Å². The summed E-state index contributed by atoms with van der Waals surface area (Å²) in [4.78, 5) is 12.4. The van der Waals surface area contributed by atoms with Crippen molar-refractivity contribution in [3.63, 3.8) is 0 Å². The zero-order valence-electron chi connectivity index (χ0n) is 15.9. The van der Waals surface area contributed by atoms with Crippen LogP contribution in [0.25, 0.3) is 0 Å². The first kappa shape index (κ1) is 20.0. The molecular weight excluding hydrogens is 324 g/mol. The van der Waals surface area contributed by atoms with Gasteiger partial charge in [0.05, 0.1) is 0 Å². The van der Waals surface area contributed by atoms with Gasteiger partial charge in [-0.15, -0.1) is 0 Å². The maximum absolute atomic E-state index is 12.4. The van der Waals surface area contributed by atoms with Crippen molar-refractivity contribution in [2.24, 2.45) is 0 Å². The van der Waals surface area contributed by atoms with E-state index in [9.17, 15) is 4.79 Å². The second-order valence-corrected chi connectivity index (χ2v) is 6.58. The van der Waals surface area contributed by atoms with Crippen LogP contribution >= 0.6 is 0 Å². The first-order chi connectivity index (χ1) is 12.7. The van der Waals surface area contributed by atoms with E-state index in [-0.39, 0.29) is 6.10 Å². The van der Waals surface area contributed by atoms with Gasteiger partial charge in [-0.3, -0.25) is 0 Å². The van der Waals surface area contributed by atoms with Crippen LogP contribution in [0.4, 0.5) is 4.79 Å². The van der Waals surface area contributed by atoms with Gasteiger partial charge in [0.25, 0.3) is 0 Å². The number of carbonyl (C=O) groups excluding carboxylic acids is 1. The average Bonchev–Trinajstić information content (AvgIpc) is 2.67. The van der Waals surface area contributed by atoms with Crippen LogP contribution in [0.1, 0.15) is 69.6 Å². The van der Waals surface area contributed by atoms with Gasteiger partial charge in [-0.05, 0) is 36.5 Å². The van der Waals surface area contributed by atoms with Gasteiger partial charge in [-0.25, -0.2) is 4.79 Å². The molecule has 0 aromatic heterocycles. The molecule has 0 saturated heterocycles. The van der Waals surface area contributed by atoms with Crippen molar-refractivity contribution >= 4 is 6.16 Å². The fraction of sp³-hybridized carbons (Fsp3) is 0.435. The number of hydrogen-bond donors (Lipinski definition) is 0. The molecule has 3 nitrogen and oxygen atoms in total. The first-order valence-electron chi connectivity index (χ1n) is 9.75. The molecule has 1 unspecified atom stereocenters. The highest BCUT2D eigenvalue weighted by atomic mass is 16.7. The van der Waals surface area contributed by atoms with Crippen LogP contribution < -0.4 is 4.74 Å². The predicted molar refractivity (Wildman–Crippen MR) is 105 cm³/mol. The molecule has 0 aliphatic rings. The second kappa shape index (κ2) is 11.3. The Balaban J connectivity index is 1.98. The predicted octanol–water partition coefficient (Wildman–Crippen LogP) is 6.87. The Morgan fingerprint density at radius 1 is 0.885 bits per heavy atom. The van der Waals surface area contributed by atoms with Crippen molar-refractivity contribution in [1.29, 1.82) is 0 Å². The molecule has 2 aromatic rings. The van der Waals surface area contributed by atoms with Crippen molar-refractivity contribution < 1.29 is 14.3 Å². The standard InChI is InChI=1S/C23H30O3/c1-3-5-6-8-14-20-17-11-12-18-22(20)26-23(24)25-21(13-4-2)19-15-9-7-10-16-19/h7,9-12,15-18,21H,3-6,8,13-14H2,1-2H3. The third-order valence-corrected chi connectivity index (χ3v) is 4.43. The van der Waals surface area contributed by atoms with Gasteiger partial charge in [-0.2, -0.15) is 0 Å². The first-order valence-corrected chi connectivity index (χ1v) is 9.75. The summed E-state index contributed by atoms with van der Waals surface area (Å²) in [6, 6.07) is 17.6. The number of unbranched alkanes of at least 4 members (excludes halogenated alkanes) is 3. The quantitative estimate of drug-likeness (QED) is 0.265. The smallest absolute Gasteiger partial charge is 0.426 e. The van der Waals surface area contributed by atoms with Gasteiger partial charge in [0.1, 0.15) is 11.9 Å². The van der Waals surface area contributed by atoms with Crippen molar-refractivity contribution in [3.8, 4) is 5.75 Å². The third kappa shape index (κ3) is 6.55. The molecule has 0 amide bonds. The van der Waals surface area contributed by atoms with Gasteiger partial charge in [0, 0.05) is 0 Å². The number of rotatable bonds is 10. The van der Waals surface area contributed by atoms with Crippen LogP contribution in [0, 0.1) is 0 Å². The van der Waals surface area contributed by atoms with E-state index in [0.29, 0.717) is 5.75 Å². The van der Waals surface area contributed by atoms with E-state index < -0.39 is 6.16 Å². The molecule has 0 aliphatic carbocycles. The number of benzene rings is 2. The number of carbonyl (C=O) groups is 1. The summed E-state index contributed by atoms with van der Waals surface area (Å²) >= 11 is 0. The summed E-state index contributed by atoms with van der Waals surface area (Å²) < 4.78 is 11.2. The maximum atomic E-state index is 12.4. The molecule has 0 saturated carbocycles. The number of hydrogen-bond acceptors (Lipinski definition) is 3. The molecule has 140 valence electrons. The Hall–Kier alpha value is -2.29. The van der Waals surface area contributed by atoms with Crippen LogP contribution in [0.2, 0.25) is 0 Å². The van der Waals surface area contributed by atoms with Crippen LogP contribution in [-0.4, -0.2) is 6.16 Å². The highest BCUT2D eigenvalue weighted by Crippen LogP contribution is 2.25. The summed E-state index contributed by atoms with van der Waals surface area (Å²) in [5, 5.41) is 0. The molecule has 3 heteroatoms. The lowest BCUT2D eigenvalue weighted by Gasteiger charge is -2.18. The number of aryl methyl sites for hydroxylation is 1. The van der Waals surface area contributed by atoms with Crippen LogP contribution in [0.15, 0.2) is 54.6 Å². The Morgan fingerprint density at radius 2 is 1.62 bits per heavy atom. The van der Waals surface area contributed by atoms with Gasteiger partial charge in [0.15, 0.2) is 0 Å². The normalized spacial score (nSPS) is 11.8. The van der Waals surface area contributed by atoms with Crippen LogP contribution in [0.3, 0.4) is 0 Å². The van der Waals surface area contributed by atoms with Crippen LogP contribution in [-0.2, 0) is 11.2 Å². The minimum absolute atomic E-state index is 0.273. The molecule has 2 aromatic carbocycles. The van der Waals surface area contributed by atoms with Gasteiger partial charge in [0.2, 0.25) is 0 Å². The van der Waals surface area contributed by atoms with Crippen LogP contribution in [0.5, 0.6) is 5.75 Å². The average molecular weight is 354 g/mol. The van der Waals surface area contributed by atoms with Crippen molar-refractivity contribution in [2.75, 3.05) is 0 Å². The minimum Gasteiger partial charge on any atom is -0.426 e. The lowest BCUT2D eigenvalue weighted by atomic mass is 10.1. The van der Waals surface area contributed by atoms with E-state index >= 15 is 0 Å². The zero-order chi connectivity index (χ0) is 18.6. The highest BCUT2D eigenvalue weighted by molar-refractivity contribution is 5.65. The van der Waals surface area contributed by atoms with Gasteiger partial charge in [-0.1, -0.05) is 88.1 Å². The van der Waals surface area contributed by atoms with E-state index in [2.05, 4.69) is 13.8 Å². The Kier molecular flexibility index (Phi) is 8.74. The molecule has 0 heterocycles. The van der Waals surface area contributed by atoms with E-state index in [0.717, 1.165) is 36.8 Å². The molecule has 0 spiro atoms. The summed E-state index contributed by atoms with van der Waals surface area (Å²) in [5.74, 6) is 0.609. The summed E-state index contributed by atoms with van der Waals surface area (Å²) in [6.45, 7) is 4.28. The summed E-state index contributed by atoms with van der Waals surface area (Å²) in [5.41, 5.74) is 2.06. The van der Waals surface area contributed by atoms with E-state index in [4.69, 9.17) is 9.47 Å². The highest BCUT2D eigenvalue weighted by Gasteiger charge is 2.18. The van der Waals surface area contributed by atoms with E-state index in [1.807, 2.05) is 54.6 Å². The molecule has 0 fully saturated rings. The fourth-order valence-electron chi connectivity index (χ4n) is 3.01. The lowest BCUT2D eigenvalue weighted by Crippen LogP contribution is -2.16. The minimum atomic E-state index is -0.631. The molecule has 0 bridgehead atoms. The number of para-hydroxylation sites is 1. The lowest BCUT2D eigenvalue weighted by molar-refractivity contribution is 0.0534. The largest absolute Gasteiger partial charge is 0.514 e. The molecule has 0 radical (unpaired) electrons. The molecule has 2 rings (SSSR count). The third-order valence-electron chi connectivity index (χ3n) is 4.43. The second-order valence-electron chi connectivity index (χ2n) is 6.58. The Bertz CT molecular complexity index is 652. The number of ether oxygens (including phenoxy) is 2. The van der Waals surface area contributed by atoms with E-state index in [1.54, 1.807) is 0 Å². The molecular formula is C23H30O3. The topological polar surface area (TPSA) is 35.5 Å². The van der Waals surface area contributed by atoms with Gasteiger partial charge < -0.3 is 9.47 Å². The zero-order valence-corrected chi connectivity index (χ0v) is 15.9. The van der Waals surface area contributed by atoms with E-state index in [1.165, 1.54) is 19.3 Å². The Morgan fingerprint density at radius 3 is 2.35 bits per heavy atom. The van der Waals surface area contributed by atoms with Gasteiger partial charge >= 0.3 is 6.16 Å². The molecule has 0 aliphatic heterocycles. The van der Waals surface area contributed by atoms with Crippen molar-refractivity contribution in [3.05, 3.63) is 65.7 Å². The molecule has 1 atom stereocenters. The SMILES string of the molecule is CCCCCCc1ccccc1OC(=O)OC(CCC)c1ccccc1. The molecule has 26 heavy (non-hydrogen) atoms. The molecule has 0 N–H and O–H groups in total.